The molecule has 1 aromatic rings. The monoisotopic (exact) mass is 534 g/mol. The lowest BCUT2D eigenvalue weighted by atomic mass is 9.47. The number of nitrogens with zero attached hydrogens (tertiary/aromatic N) is 2. The Labute approximate surface area is 236 Å². The van der Waals surface area contributed by atoms with Crippen LogP contribution < -0.4 is 0 Å². The minimum Gasteiger partial charge on any atom is -0.429 e. The number of hydrogen-bond donors (Lipinski definition) is 0. The van der Waals surface area contributed by atoms with E-state index < -0.39 is 6.16 Å². The van der Waals surface area contributed by atoms with Crippen LogP contribution in [0.3, 0.4) is 0 Å². The van der Waals surface area contributed by atoms with Crippen molar-refractivity contribution in [3.63, 3.8) is 0 Å². The van der Waals surface area contributed by atoms with Gasteiger partial charge in [-0.1, -0.05) is 83.7 Å². The van der Waals surface area contributed by atoms with Crippen LogP contribution in [0, 0.1) is 46.3 Å². The first-order valence-corrected chi connectivity index (χ1v) is 15.7. The third kappa shape index (κ3) is 5.84. The van der Waals surface area contributed by atoms with E-state index in [9.17, 15) is 4.79 Å². The number of carbonyl (C=O) groups excluding carboxylic acids is 1. The van der Waals surface area contributed by atoms with Gasteiger partial charge in [0.05, 0.1) is 5.69 Å². The van der Waals surface area contributed by atoms with Gasteiger partial charge in [-0.3, -0.25) is 4.84 Å². The lowest BCUT2D eigenvalue weighted by Crippen LogP contribution is -2.51. The largest absolute Gasteiger partial charge is 0.536 e. The fraction of sp³-hybridized carbons (Fsp3) is 0.735. The molecule has 0 saturated heterocycles. The minimum atomic E-state index is -0.759. The summed E-state index contributed by atoms with van der Waals surface area (Å²) in [5.41, 5.74) is 2.90. The molecule has 1 aromatic carbocycles. The molecule has 0 aromatic heterocycles. The van der Waals surface area contributed by atoms with Crippen molar-refractivity contribution in [1.82, 2.24) is 0 Å². The van der Waals surface area contributed by atoms with Gasteiger partial charge in [-0.25, -0.2) is 4.79 Å². The highest BCUT2D eigenvalue weighted by molar-refractivity contribution is 5.60. The second-order valence-corrected chi connectivity index (χ2v) is 14.1. The van der Waals surface area contributed by atoms with Gasteiger partial charge < -0.3 is 4.74 Å². The van der Waals surface area contributed by atoms with Gasteiger partial charge in [0.15, 0.2) is 0 Å². The minimum absolute atomic E-state index is 0.142. The Balaban J connectivity index is 1.19. The average Bonchev–Trinajstić information content (AvgIpc) is 3.26. The van der Waals surface area contributed by atoms with Crippen molar-refractivity contribution < 1.29 is 14.4 Å². The fourth-order valence-corrected chi connectivity index (χ4v) is 9.51. The Kier molecular flexibility index (Phi) is 8.54. The highest BCUT2D eigenvalue weighted by atomic mass is 16.8. The molecule has 3 fully saturated rings. The van der Waals surface area contributed by atoms with Crippen molar-refractivity contribution in [2.45, 2.75) is 111 Å². The number of benzene rings is 1. The lowest BCUT2D eigenvalue weighted by molar-refractivity contribution is -0.0619. The average molecular weight is 535 g/mol. The van der Waals surface area contributed by atoms with E-state index in [1.807, 2.05) is 18.2 Å². The second-order valence-electron chi connectivity index (χ2n) is 14.1. The summed E-state index contributed by atoms with van der Waals surface area (Å²) in [5, 5.41) is 7.49. The van der Waals surface area contributed by atoms with E-state index >= 15 is 0 Å². The first-order valence-electron chi connectivity index (χ1n) is 15.7. The van der Waals surface area contributed by atoms with Crippen molar-refractivity contribution in [2.75, 3.05) is 0 Å². The molecule has 0 heterocycles. The lowest BCUT2D eigenvalue weighted by Gasteiger charge is -2.58. The smallest absolute Gasteiger partial charge is 0.429 e. The third-order valence-electron chi connectivity index (χ3n) is 11.6. The van der Waals surface area contributed by atoms with Crippen LogP contribution in [-0.2, 0) is 9.57 Å². The van der Waals surface area contributed by atoms with Crippen LogP contribution >= 0.6 is 0 Å². The summed E-state index contributed by atoms with van der Waals surface area (Å²) >= 11 is 0. The number of hydrogen-bond acceptors (Lipinski definition) is 5. The summed E-state index contributed by atoms with van der Waals surface area (Å²) in [6.07, 6.45) is 15.4. The second kappa shape index (κ2) is 11.7. The maximum Gasteiger partial charge on any atom is 0.536 e. The Morgan fingerprint density at radius 3 is 2.56 bits per heavy atom. The molecular weight excluding hydrogens is 484 g/mol. The van der Waals surface area contributed by atoms with Crippen LogP contribution in [-0.4, -0.2) is 12.3 Å². The van der Waals surface area contributed by atoms with E-state index in [-0.39, 0.29) is 11.5 Å². The molecule has 0 unspecified atom stereocenters. The highest BCUT2D eigenvalue weighted by Gasteiger charge is 2.59. The summed E-state index contributed by atoms with van der Waals surface area (Å²) < 4.78 is 5.68. The molecule has 8 atom stereocenters. The van der Waals surface area contributed by atoms with Gasteiger partial charge in [0.25, 0.3) is 0 Å². The molecule has 5 rings (SSSR count). The third-order valence-corrected chi connectivity index (χ3v) is 11.6. The molecule has 0 N–H and O–H groups in total. The predicted octanol–water partition coefficient (Wildman–Crippen LogP) is 10.2. The standard InChI is InChI=1S/C34H50N2O3/c1-23(2)10-9-11-24(3)29-16-17-30-28-15-14-25-22-27(18-20-33(25,4)31(28)19-21-34(29,30)5)38-32(37)39-36-35-26-12-7-6-8-13-26/h6-8,12-14,23-24,27-31H,9-11,15-22H2,1-5H3/t24-,27+,28+,29-,30+,31+,33+,34-/m1/s1. The number of carbonyl (C=O) groups is 1. The van der Waals surface area contributed by atoms with Gasteiger partial charge in [0.1, 0.15) is 6.10 Å². The zero-order chi connectivity index (χ0) is 27.6. The quantitative estimate of drug-likeness (QED) is 0.144. The Morgan fingerprint density at radius 2 is 1.79 bits per heavy atom. The van der Waals surface area contributed by atoms with Crippen molar-refractivity contribution >= 4 is 11.8 Å². The zero-order valence-corrected chi connectivity index (χ0v) is 24.9. The van der Waals surface area contributed by atoms with Crippen LogP contribution in [0.2, 0.25) is 0 Å². The van der Waals surface area contributed by atoms with E-state index in [1.165, 1.54) is 56.9 Å². The van der Waals surface area contributed by atoms with Gasteiger partial charge >= 0.3 is 6.16 Å². The van der Waals surface area contributed by atoms with Crippen LogP contribution in [0.15, 0.2) is 52.4 Å². The maximum absolute atomic E-state index is 12.3. The Bertz CT molecular complexity index is 1050. The normalized spacial score (nSPS) is 36.6. The topological polar surface area (TPSA) is 60.2 Å². The first kappa shape index (κ1) is 28.4. The van der Waals surface area contributed by atoms with Gasteiger partial charge in [-0.2, -0.15) is 0 Å². The molecule has 4 aliphatic rings. The molecular formula is C34H50N2O3. The van der Waals surface area contributed by atoms with E-state index in [0.717, 1.165) is 54.8 Å². The van der Waals surface area contributed by atoms with Crippen LogP contribution in [0.1, 0.15) is 105 Å². The van der Waals surface area contributed by atoms with Crippen molar-refractivity contribution in [3.8, 4) is 0 Å². The van der Waals surface area contributed by atoms with Gasteiger partial charge in [-0.05, 0) is 103 Å². The summed E-state index contributed by atoms with van der Waals surface area (Å²) in [6, 6.07) is 9.23. The van der Waals surface area contributed by atoms with E-state index in [4.69, 9.17) is 9.57 Å². The van der Waals surface area contributed by atoms with E-state index in [0.29, 0.717) is 11.1 Å². The molecule has 5 nitrogen and oxygen atoms in total. The molecule has 5 heteroatoms. The Morgan fingerprint density at radius 1 is 1.00 bits per heavy atom. The van der Waals surface area contributed by atoms with Crippen LogP contribution in [0.5, 0.6) is 0 Å². The Hall–Kier alpha value is -2.17. The molecule has 0 aliphatic heterocycles. The number of ether oxygens (including phenoxy) is 1. The van der Waals surface area contributed by atoms with Gasteiger partial charge in [0.2, 0.25) is 0 Å². The molecule has 4 aliphatic carbocycles. The van der Waals surface area contributed by atoms with Crippen LogP contribution in [0.25, 0.3) is 0 Å². The molecule has 3 saturated carbocycles. The predicted molar refractivity (Wildman–Crippen MR) is 155 cm³/mol. The molecule has 214 valence electrons. The summed E-state index contributed by atoms with van der Waals surface area (Å²) in [6.45, 7) is 12.4. The van der Waals surface area contributed by atoms with Gasteiger partial charge in [-0.15, -0.1) is 5.11 Å². The molecule has 0 amide bonds. The maximum atomic E-state index is 12.3. The number of rotatable bonds is 8. The number of allylic oxidation sites excluding steroid dienone is 1. The van der Waals surface area contributed by atoms with Crippen molar-refractivity contribution in [1.29, 1.82) is 0 Å². The summed E-state index contributed by atoms with van der Waals surface area (Å²) in [5.74, 6) is 5.00. The molecule has 39 heavy (non-hydrogen) atoms. The molecule has 0 radical (unpaired) electrons. The number of fused-ring (bicyclic) bond motifs is 5. The van der Waals surface area contributed by atoms with E-state index in [1.54, 1.807) is 12.1 Å². The highest BCUT2D eigenvalue weighted by Crippen LogP contribution is 2.67. The van der Waals surface area contributed by atoms with Crippen LogP contribution in [0.4, 0.5) is 10.5 Å². The summed E-state index contributed by atoms with van der Waals surface area (Å²) in [7, 11) is 0. The fourth-order valence-electron chi connectivity index (χ4n) is 9.51. The van der Waals surface area contributed by atoms with E-state index in [2.05, 4.69) is 51.1 Å². The first-order chi connectivity index (χ1) is 18.7. The zero-order valence-electron chi connectivity index (χ0n) is 24.9. The van der Waals surface area contributed by atoms with Crippen molar-refractivity contribution in [2.24, 2.45) is 56.7 Å². The molecule has 0 spiro atoms. The van der Waals surface area contributed by atoms with Crippen molar-refractivity contribution in [3.05, 3.63) is 42.0 Å². The SMILES string of the molecule is CC(C)CCC[C@@H](C)[C@H]1CC[C@H]2[C@@H]3CC=C4C[C@@H](OC(=O)ON=Nc5ccccc5)CC[C@]4(C)[C@H]3CC[C@]12C. The molecule has 0 bridgehead atoms. The summed E-state index contributed by atoms with van der Waals surface area (Å²) in [4.78, 5) is 17.2. The van der Waals surface area contributed by atoms with Gasteiger partial charge in [0, 0.05) is 11.7 Å².